The second-order valence-electron chi connectivity index (χ2n) is 5.94. The van der Waals surface area contributed by atoms with Gasteiger partial charge in [-0.2, -0.15) is 5.06 Å². The van der Waals surface area contributed by atoms with Crippen LogP contribution in [0.3, 0.4) is 0 Å². The minimum absolute atomic E-state index is 0.293. The van der Waals surface area contributed by atoms with Crippen LogP contribution in [-0.2, 0) is 6.42 Å². The van der Waals surface area contributed by atoms with E-state index >= 15 is 0 Å². The van der Waals surface area contributed by atoms with E-state index < -0.39 is 12.1 Å². The first kappa shape index (κ1) is 18.4. The van der Waals surface area contributed by atoms with E-state index in [-0.39, 0.29) is 11.0 Å². The molecule has 2 rings (SSSR count). The molecule has 0 radical (unpaired) electrons. The molecule has 3 atom stereocenters. The molecule has 128 valence electrons. The first-order valence-electron chi connectivity index (χ1n) is 7.80. The van der Waals surface area contributed by atoms with E-state index in [1.54, 1.807) is 24.3 Å². The lowest BCUT2D eigenvalue weighted by Crippen LogP contribution is -2.42. The molecule has 2 aromatic rings. The van der Waals surface area contributed by atoms with Gasteiger partial charge in [0.25, 0.3) is 0 Å². The molecule has 0 aliphatic heterocycles. The zero-order valence-corrected chi connectivity index (χ0v) is 14.4. The van der Waals surface area contributed by atoms with Gasteiger partial charge in [0.1, 0.15) is 6.04 Å². The van der Waals surface area contributed by atoms with Crippen LogP contribution in [0.4, 0.5) is 0 Å². The fraction of sp³-hybridized carbons (Fsp3) is 0.333. The molecular weight excluding hydrogens is 328 g/mol. The Morgan fingerprint density at radius 1 is 1.12 bits per heavy atom. The van der Waals surface area contributed by atoms with Crippen LogP contribution in [0.25, 0.3) is 0 Å². The van der Waals surface area contributed by atoms with E-state index in [2.05, 4.69) is 0 Å². The highest BCUT2D eigenvalue weighted by Crippen LogP contribution is 2.27. The van der Waals surface area contributed by atoms with Crippen molar-refractivity contribution in [2.45, 2.75) is 38.4 Å². The summed E-state index contributed by atoms with van der Waals surface area (Å²) in [7, 11) is 0. The van der Waals surface area contributed by atoms with Crippen LogP contribution < -0.4 is 0 Å². The van der Waals surface area contributed by atoms with Crippen molar-refractivity contribution in [1.82, 2.24) is 5.06 Å². The predicted molar refractivity (Wildman–Crippen MR) is 93.9 cm³/mol. The highest BCUT2D eigenvalue weighted by atomic mass is 35.5. The molecule has 5 nitrogen and oxygen atoms in total. The van der Waals surface area contributed by atoms with Gasteiger partial charge in [0, 0.05) is 22.9 Å². The lowest BCUT2D eigenvalue weighted by atomic mass is 9.98. The maximum atomic E-state index is 11.3. The molecule has 0 aromatic heterocycles. The number of halogens is 1. The fourth-order valence-electron chi connectivity index (χ4n) is 2.75. The summed E-state index contributed by atoms with van der Waals surface area (Å²) in [5.74, 6) is 0. The van der Waals surface area contributed by atoms with E-state index in [9.17, 15) is 15.3 Å². The first-order valence-corrected chi connectivity index (χ1v) is 8.18. The van der Waals surface area contributed by atoms with Gasteiger partial charge in [-0.25, -0.2) is 0 Å². The molecule has 2 aromatic carbocycles. The Hall–Kier alpha value is -1.95. The topological polar surface area (TPSA) is 66.6 Å². The minimum atomic E-state index is -0.940. The van der Waals surface area contributed by atoms with Gasteiger partial charge in [-0.05, 0) is 36.6 Å². The minimum Gasteiger partial charge on any atom is -0.313 e. The number of nitro groups is 1. The van der Waals surface area contributed by atoms with Crippen molar-refractivity contribution in [2.75, 3.05) is 0 Å². The molecule has 0 aliphatic rings. The Kier molecular flexibility index (Phi) is 6.31. The second kappa shape index (κ2) is 8.24. The normalized spacial score (nSPS) is 15.0. The van der Waals surface area contributed by atoms with Crippen molar-refractivity contribution in [2.24, 2.45) is 0 Å². The average molecular weight is 349 g/mol. The molecule has 1 N–H and O–H groups in total. The zero-order valence-electron chi connectivity index (χ0n) is 13.7. The van der Waals surface area contributed by atoms with E-state index in [1.807, 2.05) is 37.3 Å². The highest BCUT2D eigenvalue weighted by Gasteiger charge is 2.35. The van der Waals surface area contributed by atoms with E-state index in [0.29, 0.717) is 17.0 Å². The summed E-state index contributed by atoms with van der Waals surface area (Å²) < 4.78 is 0. The monoisotopic (exact) mass is 348 g/mol. The third-order valence-electron chi connectivity index (χ3n) is 4.11. The molecule has 0 bridgehead atoms. The van der Waals surface area contributed by atoms with E-state index in [1.165, 1.54) is 6.92 Å². The molecule has 6 heteroatoms. The van der Waals surface area contributed by atoms with E-state index in [0.717, 1.165) is 10.6 Å². The SMILES string of the molecule is CC(Cc1ccc(Cl)cc1)N(O)C(c1ccccc1)C(C)[N+](=O)[O-]. The van der Waals surface area contributed by atoms with Crippen LogP contribution in [0.2, 0.25) is 5.02 Å². The lowest BCUT2D eigenvalue weighted by Gasteiger charge is -2.31. The summed E-state index contributed by atoms with van der Waals surface area (Å²) in [6.45, 7) is 3.35. The summed E-state index contributed by atoms with van der Waals surface area (Å²) in [6, 6.07) is 14.5. The third-order valence-corrected chi connectivity index (χ3v) is 4.36. The van der Waals surface area contributed by atoms with Crippen molar-refractivity contribution in [1.29, 1.82) is 0 Å². The fourth-order valence-corrected chi connectivity index (χ4v) is 2.87. The highest BCUT2D eigenvalue weighted by molar-refractivity contribution is 6.30. The summed E-state index contributed by atoms with van der Waals surface area (Å²) in [5.41, 5.74) is 1.72. The molecule has 0 spiro atoms. The average Bonchev–Trinajstić information content (AvgIpc) is 2.57. The Balaban J connectivity index is 2.21. The predicted octanol–water partition coefficient (Wildman–Crippen LogP) is 4.37. The third kappa shape index (κ3) is 4.54. The van der Waals surface area contributed by atoms with Crippen LogP contribution in [-0.4, -0.2) is 27.3 Å². The molecule has 0 heterocycles. The molecule has 24 heavy (non-hydrogen) atoms. The molecule has 0 amide bonds. The quantitative estimate of drug-likeness (QED) is 0.596. The van der Waals surface area contributed by atoms with Gasteiger partial charge in [0.2, 0.25) is 6.04 Å². The summed E-state index contributed by atoms with van der Waals surface area (Å²) >= 11 is 5.88. The van der Waals surface area contributed by atoms with Crippen molar-refractivity contribution in [3.63, 3.8) is 0 Å². The van der Waals surface area contributed by atoms with Crippen LogP contribution in [0.1, 0.15) is 31.0 Å². The summed E-state index contributed by atoms with van der Waals surface area (Å²) in [6.07, 6.45) is 0.557. The van der Waals surface area contributed by atoms with Gasteiger partial charge in [-0.3, -0.25) is 10.1 Å². The van der Waals surface area contributed by atoms with Crippen molar-refractivity contribution in [3.8, 4) is 0 Å². The number of hydrogen-bond donors (Lipinski definition) is 1. The van der Waals surface area contributed by atoms with Gasteiger partial charge in [0.05, 0.1) is 0 Å². The molecule has 0 saturated heterocycles. The van der Waals surface area contributed by atoms with Crippen molar-refractivity contribution >= 4 is 11.6 Å². The van der Waals surface area contributed by atoms with Crippen molar-refractivity contribution < 1.29 is 10.1 Å². The maximum absolute atomic E-state index is 11.3. The number of nitrogens with zero attached hydrogens (tertiary/aromatic N) is 2. The molecule has 0 aliphatic carbocycles. The lowest BCUT2D eigenvalue weighted by molar-refractivity contribution is -0.533. The van der Waals surface area contributed by atoms with Gasteiger partial charge in [-0.15, -0.1) is 0 Å². The number of hydroxylamine groups is 2. The van der Waals surface area contributed by atoms with Gasteiger partial charge >= 0.3 is 0 Å². The standard InChI is InChI=1S/C18H21ClN2O3/c1-13(12-15-8-10-17(19)11-9-15)20(22)18(14(2)21(23)24)16-6-4-3-5-7-16/h3-11,13-14,18,22H,12H2,1-2H3. The van der Waals surface area contributed by atoms with Gasteiger partial charge in [0.15, 0.2) is 0 Å². The second-order valence-corrected chi connectivity index (χ2v) is 6.38. The number of hydrogen-bond acceptors (Lipinski definition) is 4. The largest absolute Gasteiger partial charge is 0.313 e. The van der Waals surface area contributed by atoms with Gasteiger partial charge in [-0.1, -0.05) is 54.1 Å². The Bertz CT molecular complexity index is 664. The van der Waals surface area contributed by atoms with Gasteiger partial charge < -0.3 is 5.21 Å². The number of rotatable bonds is 7. The Morgan fingerprint density at radius 3 is 2.25 bits per heavy atom. The van der Waals surface area contributed by atoms with Crippen LogP contribution in [0.15, 0.2) is 54.6 Å². The Morgan fingerprint density at radius 2 is 1.71 bits per heavy atom. The summed E-state index contributed by atoms with van der Waals surface area (Å²) in [4.78, 5) is 10.9. The molecule has 0 fully saturated rings. The smallest absolute Gasteiger partial charge is 0.232 e. The van der Waals surface area contributed by atoms with Crippen LogP contribution in [0.5, 0.6) is 0 Å². The Labute approximate surface area is 146 Å². The summed E-state index contributed by atoms with van der Waals surface area (Å²) in [5, 5.41) is 23.7. The number of benzene rings is 2. The van der Waals surface area contributed by atoms with E-state index in [4.69, 9.17) is 11.6 Å². The van der Waals surface area contributed by atoms with Crippen LogP contribution in [0, 0.1) is 10.1 Å². The first-order chi connectivity index (χ1) is 11.4. The molecular formula is C18H21ClN2O3. The maximum Gasteiger partial charge on any atom is 0.232 e. The zero-order chi connectivity index (χ0) is 17.7. The molecule has 3 unspecified atom stereocenters. The molecule has 0 saturated carbocycles. The van der Waals surface area contributed by atoms with Crippen molar-refractivity contribution in [3.05, 3.63) is 80.9 Å². The van der Waals surface area contributed by atoms with Crippen LogP contribution >= 0.6 is 11.6 Å².